The van der Waals surface area contributed by atoms with E-state index in [1.807, 2.05) is 0 Å². The van der Waals surface area contributed by atoms with Gasteiger partial charge in [-0.05, 0) is 0 Å². The van der Waals surface area contributed by atoms with Gasteiger partial charge in [0.25, 0.3) is 0 Å². The van der Waals surface area contributed by atoms with Gasteiger partial charge in [-0.1, -0.05) is 23.2 Å². The number of carbonyl (C=O) groups excluding carboxylic acids is 1. The van der Waals surface area contributed by atoms with Crippen LogP contribution < -0.4 is 5.32 Å². The quantitative estimate of drug-likeness (QED) is 0.635. The molecule has 0 saturated heterocycles. The zero-order chi connectivity index (χ0) is 6.57. The Kier molecular flexibility index (Phi) is 4.01. The first-order chi connectivity index (χ1) is 3.63. The first-order valence-electron chi connectivity index (χ1n) is 2.04. The highest BCUT2D eigenvalue weighted by atomic mass is 35.5. The van der Waals surface area contributed by atoms with Crippen molar-refractivity contribution >= 4 is 29.1 Å². The summed E-state index contributed by atoms with van der Waals surface area (Å²) in [5, 5.41) is 2.41. The second-order valence-electron chi connectivity index (χ2n) is 1.25. The van der Waals surface area contributed by atoms with E-state index in [2.05, 4.69) is 5.32 Å². The lowest BCUT2D eigenvalue weighted by atomic mass is 10.6. The predicted octanol–water partition coefficient (Wildman–Crippen LogP) is 1.09. The monoisotopic (exact) mass is 154 g/mol. The van der Waals surface area contributed by atoms with Crippen LogP contribution in [0.3, 0.4) is 0 Å². The lowest BCUT2D eigenvalue weighted by molar-refractivity contribution is -0.118. The van der Waals surface area contributed by atoms with Crippen molar-refractivity contribution in [1.29, 1.82) is 0 Å². The van der Waals surface area contributed by atoms with Gasteiger partial charge in [0.1, 0.15) is 0 Å². The van der Waals surface area contributed by atoms with Crippen molar-refractivity contribution in [2.45, 2.75) is 6.92 Å². The first kappa shape index (κ1) is 8.05. The molecule has 0 saturated carbocycles. The molecule has 0 aromatic heterocycles. The molecule has 1 radical (unpaired) electrons. The molecule has 4 heteroatoms. The highest BCUT2D eigenvalue weighted by Gasteiger charge is 1.98. The van der Waals surface area contributed by atoms with Gasteiger partial charge in [-0.2, -0.15) is 0 Å². The Balaban J connectivity index is 3.05. The summed E-state index contributed by atoms with van der Waals surface area (Å²) in [7, 11) is 0. The molecule has 0 aromatic carbocycles. The van der Waals surface area contributed by atoms with Gasteiger partial charge < -0.3 is 5.32 Å². The smallest absolute Gasteiger partial charge is 0.216 e. The summed E-state index contributed by atoms with van der Waals surface area (Å²) in [6.45, 7) is 1.63. The van der Waals surface area contributed by atoms with Crippen LogP contribution in [0.1, 0.15) is 6.92 Å². The molecule has 0 unspecified atom stereocenters. The molecule has 0 aliphatic carbocycles. The van der Waals surface area contributed by atoms with Gasteiger partial charge in [0.05, 0.1) is 6.54 Å². The molecule has 0 aliphatic rings. The topological polar surface area (TPSA) is 29.1 Å². The van der Waals surface area contributed by atoms with Crippen molar-refractivity contribution in [3.8, 4) is 0 Å². The van der Waals surface area contributed by atoms with Crippen LogP contribution in [-0.2, 0) is 4.79 Å². The molecule has 8 heavy (non-hydrogen) atoms. The molecule has 0 fully saturated rings. The minimum absolute atomic E-state index is 0.135. The van der Waals surface area contributed by atoms with Crippen LogP contribution in [0.15, 0.2) is 0 Å². The van der Waals surface area contributed by atoms with E-state index in [1.165, 1.54) is 6.92 Å². The maximum absolute atomic E-state index is 10.1. The van der Waals surface area contributed by atoms with Gasteiger partial charge in [-0.3, -0.25) is 4.79 Å². The molecule has 0 rings (SSSR count). The molecule has 0 spiro atoms. The molecule has 0 atom stereocenters. The summed E-state index contributed by atoms with van der Waals surface area (Å²) >= 11 is 10.4. The Hall–Kier alpha value is 0.0500. The Bertz CT molecular complexity index is 84.1. The van der Waals surface area contributed by atoms with Gasteiger partial charge in [0.15, 0.2) is 4.84 Å². The fourth-order valence-electron chi connectivity index (χ4n) is 0.191. The summed E-state index contributed by atoms with van der Waals surface area (Å²) in [5.74, 6) is -0.135. The van der Waals surface area contributed by atoms with Gasteiger partial charge in [0.2, 0.25) is 5.91 Å². The summed E-state index contributed by atoms with van der Waals surface area (Å²) in [6.07, 6.45) is 0. The number of rotatable bonds is 2. The fourth-order valence-corrected chi connectivity index (χ4v) is 0.325. The van der Waals surface area contributed by atoms with Crippen LogP contribution in [0.5, 0.6) is 0 Å². The number of hydrogen-bond donors (Lipinski definition) is 1. The largest absolute Gasteiger partial charge is 0.353 e. The van der Waals surface area contributed by atoms with Crippen LogP contribution in [-0.4, -0.2) is 12.5 Å². The van der Waals surface area contributed by atoms with Crippen molar-refractivity contribution in [2.75, 3.05) is 6.54 Å². The summed E-state index contributed by atoms with van der Waals surface area (Å²) in [4.78, 5) is 10.3. The van der Waals surface area contributed by atoms with Crippen molar-refractivity contribution < 1.29 is 4.79 Å². The normalized spacial score (nSPS) is 9.50. The Morgan fingerprint density at radius 2 is 2.12 bits per heavy atom. The average molecular weight is 155 g/mol. The highest BCUT2D eigenvalue weighted by Crippen LogP contribution is 2.08. The molecule has 0 heterocycles. The van der Waals surface area contributed by atoms with Gasteiger partial charge >= 0.3 is 0 Å². The van der Waals surface area contributed by atoms with Gasteiger partial charge in [-0.15, -0.1) is 0 Å². The molecular formula is C4H6Cl2NO. The van der Waals surface area contributed by atoms with E-state index in [0.717, 1.165) is 0 Å². The van der Waals surface area contributed by atoms with Crippen LogP contribution in [0.2, 0.25) is 0 Å². The van der Waals surface area contributed by atoms with E-state index < -0.39 is 0 Å². The molecule has 1 amide bonds. The number of amides is 1. The molecular weight excluding hydrogens is 149 g/mol. The van der Waals surface area contributed by atoms with Crippen LogP contribution in [0, 0.1) is 4.84 Å². The first-order valence-corrected chi connectivity index (χ1v) is 2.80. The predicted molar refractivity (Wildman–Crippen MR) is 33.6 cm³/mol. The number of halogens is 2. The minimum atomic E-state index is -0.135. The van der Waals surface area contributed by atoms with Crippen LogP contribution in [0.25, 0.3) is 0 Å². The molecule has 1 N–H and O–H groups in total. The summed E-state index contributed by atoms with van der Waals surface area (Å²) in [6, 6.07) is 0. The Morgan fingerprint density at radius 1 is 1.62 bits per heavy atom. The van der Waals surface area contributed by atoms with Crippen LogP contribution in [0.4, 0.5) is 0 Å². The van der Waals surface area contributed by atoms with E-state index in [4.69, 9.17) is 23.2 Å². The van der Waals surface area contributed by atoms with E-state index in [9.17, 15) is 4.79 Å². The molecule has 2 nitrogen and oxygen atoms in total. The number of carbonyl (C=O) groups is 1. The average Bonchev–Trinajstić information content (AvgIpc) is 1.61. The maximum atomic E-state index is 10.1. The molecule has 0 aromatic rings. The zero-order valence-corrected chi connectivity index (χ0v) is 5.88. The third-order valence-electron chi connectivity index (χ3n) is 0.471. The summed E-state index contributed by atoms with van der Waals surface area (Å²) in [5.41, 5.74) is 0. The minimum Gasteiger partial charge on any atom is -0.353 e. The summed E-state index contributed by atoms with van der Waals surface area (Å²) < 4.78 is 0. The molecule has 0 bridgehead atoms. The maximum Gasteiger partial charge on any atom is 0.216 e. The van der Waals surface area contributed by atoms with E-state index in [1.54, 1.807) is 0 Å². The second kappa shape index (κ2) is 3.98. The van der Waals surface area contributed by atoms with Crippen molar-refractivity contribution in [1.82, 2.24) is 5.32 Å². The lowest BCUT2D eigenvalue weighted by Gasteiger charge is -1.97. The van der Waals surface area contributed by atoms with Gasteiger partial charge in [-0.25, -0.2) is 0 Å². The second-order valence-corrected chi connectivity index (χ2v) is 2.35. The molecule has 47 valence electrons. The SMILES string of the molecule is CC(=O)NC[C](Cl)Cl. The van der Waals surface area contributed by atoms with E-state index in [-0.39, 0.29) is 17.3 Å². The van der Waals surface area contributed by atoms with Crippen molar-refractivity contribution in [3.63, 3.8) is 0 Å². The number of hydrogen-bond acceptors (Lipinski definition) is 1. The van der Waals surface area contributed by atoms with E-state index >= 15 is 0 Å². The highest BCUT2D eigenvalue weighted by molar-refractivity contribution is 6.52. The third-order valence-corrected chi connectivity index (χ3v) is 0.738. The Morgan fingerprint density at radius 3 is 2.25 bits per heavy atom. The Labute approximate surface area is 58.2 Å². The lowest BCUT2D eigenvalue weighted by Crippen LogP contribution is -2.21. The molecule has 0 aliphatic heterocycles. The number of nitrogens with one attached hydrogen (secondary N) is 1. The van der Waals surface area contributed by atoms with Crippen molar-refractivity contribution in [2.24, 2.45) is 0 Å². The van der Waals surface area contributed by atoms with Gasteiger partial charge in [0, 0.05) is 6.92 Å². The third kappa shape index (κ3) is 6.05. The van der Waals surface area contributed by atoms with Crippen LogP contribution >= 0.6 is 23.2 Å². The fraction of sp³-hybridized carbons (Fsp3) is 0.500. The van der Waals surface area contributed by atoms with E-state index in [0.29, 0.717) is 0 Å². The van der Waals surface area contributed by atoms with Crippen molar-refractivity contribution in [3.05, 3.63) is 4.84 Å². The standard InChI is InChI=1S/C4H6Cl2NO/c1-3(8)7-2-4(5)6/h2H2,1H3,(H,7,8). The zero-order valence-electron chi connectivity index (χ0n) is 4.37.